The molecule has 0 fully saturated rings. The predicted octanol–water partition coefficient (Wildman–Crippen LogP) is 3.58. The van der Waals surface area contributed by atoms with Crippen molar-refractivity contribution in [3.05, 3.63) is 17.5 Å². The molecule has 17 heavy (non-hydrogen) atoms. The minimum absolute atomic E-state index is 0.0534. The van der Waals surface area contributed by atoms with Gasteiger partial charge in [-0.2, -0.15) is 0 Å². The number of hydrogen-bond donors (Lipinski definition) is 1. The first kappa shape index (κ1) is 14.7. The van der Waals surface area contributed by atoms with Crippen LogP contribution in [0, 0.1) is 5.21 Å². The van der Waals surface area contributed by atoms with E-state index in [9.17, 15) is 5.21 Å². The molecule has 1 rings (SSSR count). The fourth-order valence-corrected chi connectivity index (χ4v) is 2.60. The fraction of sp³-hybridized carbons (Fsp3) is 0.867. The van der Waals surface area contributed by atoms with Gasteiger partial charge in [-0.15, -0.1) is 0 Å². The first-order chi connectivity index (χ1) is 8.19. The van der Waals surface area contributed by atoms with Crippen molar-refractivity contribution < 1.29 is 5.06 Å². The standard InChI is InChI=1S/C15H29NO/c1-3-4-5-6-7-8-9-10-12-15(2)13-11-14-16(15)17/h11,14,16H,3-10,12-13H2,1-2H3. The molecule has 2 atom stereocenters. The molecule has 1 heterocycles. The van der Waals surface area contributed by atoms with Crippen LogP contribution in [0.25, 0.3) is 0 Å². The van der Waals surface area contributed by atoms with Gasteiger partial charge < -0.3 is 10.3 Å². The molecule has 0 aromatic heterocycles. The van der Waals surface area contributed by atoms with Crippen molar-refractivity contribution in [1.29, 1.82) is 0 Å². The normalized spacial score (nSPS) is 27.8. The first-order valence-electron chi connectivity index (χ1n) is 7.40. The van der Waals surface area contributed by atoms with Gasteiger partial charge in [-0.25, -0.2) is 0 Å². The summed E-state index contributed by atoms with van der Waals surface area (Å²) in [5.41, 5.74) is -0.0534. The van der Waals surface area contributed by atoms with Crippen molar-refractivity contribution in [3.63, 3.8) is 0 Å². The number of hydroxylamine groups is 2. The van der Waals surface area contributed by atoms with Crippen molar-refractivity contribution in [2.45, 2.75) is 83.6 Å². The molecular weight excluding hydrogens is 210 g/mol. The topological polar surface area (TPSA) is 27.5 Å². The molecule has 2 nitrogen and oxygen atoms in total. The summed E-state index contributed by atoms with van der Waals surface area (Å²) in [6.07, 6.45) is 16.6. The van der Waals surface area contributed by atoms with Crippen LogP contribution in [0.4, 0.5) is 0 Å². The Morgan fingerprint density at radius 3 is 2.18 bits per heavy atom. The molecule has 0 amide bonds. The van der Waals surface area contributed by atoms with Gasteiger partial charge in [0.2, 0.25) is 0 Å². The number of hydrogen-bond acceptors (Lipinski definition) is 1. The smallest absolute Gasteiger partial charge is 0.102 e. The van der Waals surface area contributed by atoms with Crippen LogP contribution in [0.1, 0.15) is 78.1 Å². The number of nitrogens with one attached hydrogen (secondary N) is 1. The molecule has 2 heteroatoms. The Labute approximate surface area is 107 Å². The predicted molar refractivity (Wildman–Crippen MR) is 73.7 cm³/mol. The molecule has 100 valence electrons. The van der Waals surface area contributed by atoms with Crippen molar-refractivity contribution in [2.24, 2.45) is 0 Å². The Bertz CT molecular complexity index is 227. The summed E-state index contributed by atoms with van der Waals surface area (Å²) < 4.78 is 0. The zero-order valence-electron chi connectivity index (χ0n) is 11.6. The highest BCUT2D eigenvalue weighted by Gasteiger charge is 2.32. The monoisotopic (exact) mass is 239 g/mol. The van der Waals surface area contributed by atoms with Gasteiger partial charge in [0.05, 0.1) is 6.20 Å². The van der Waals surface area contributed by atoms with Gasteiger partial charge in [-0.1, -0.05) is 51.9 Å². The maximum atomic E-state index is 11.6. The molecule has 0 aliphatic carbocycles. The minimum atomic E-state index is -0.0534. The van der Waals surface area contributed by atoms with Gasteiger partial charge >= 0.3 is 0 Å². The van der Waals surface area contributed by atoms with E-state index in [1.165, 1.54) is 51.4 Å². The average molecular weight is 239 g/mol. The van der Waals surface area contributed by atoms with Gasteiger partial charge in [0.25, 0.3) is 0 Å². The van der Waals surface area contributed by atoms with Gasteiger partial charge in [-0.05, 0) is 19.4 Å². The molecule has 0 bridgehead atoms. The largest absolute Gasteiger partial charge is 0.629 e. The maximum absolute atomic E-state index is 11.6. The van der Waals surface area contributed by atoms with Crippen LogP contribution in [-0.2, 0) is 0 Å². The summed E-state index contributed by atoms with van der Waals surface area (Å²) in [4.78, 5) is 0. The third kappa shape index (κ3) is 5.22. The molecule has 1 aliphatic rings. The third-order valence-corrected chi connectivity index (χ3v) is 4.01. The van der Waals surface area contributed by atoms with E-state index in [-0.39, 0.29) is 5.54 Å². The summed E-state index contributed by atoms with van der Waals surface area (Å²) in [6, 6.07) is 0. The molecule has 1 aliphatic heterocycles. The second-order valence-corrected chi connectivity index (χ2v) is 5.76. The van der Waals surface area contributed by atoms with Crippen LogP contribution in [0.15, 0.2) is 12.3 Å². The Hall–Kier alpha value is -0.340. The zero-order valence-corrected chi connectivity index (χ0v) is 11.6. The lowest BCUT2D eigenvalue weighted by atomic mass is 9.92. The lowest BCUT2D eigenvalue weighted by molar-refractivity contribution is -0.845. The Balaban J connectivity index is 1.94. The van der Waals surface area contributed by atoms with Gasteiger partial charge in [-0.3, -0.25) is 0 Å². The SMILES string of the molecule is CCCCCCCCCCC1(C)CC=C[NH+]1[O-]. The second-order valence-electron chi connectivity index (χ2n) is 5.76. The average Bonchev–Trinajstić information content (AvgIpc) is 2.63. The van der Waals surface area contributed by atoms with E-state index in [4.69, 9.17) is 0 Å². The van der Waals surface area contributed by atoms with Gasteiger partial charge in [0, 0.05) is 12.8 Å². The molecular formula is C15H29NO. The van der Waals surface area contributed by atoms with Crippen LogP contribution in [0.2, 0.25) is 0 Å². The summed E-state index contributed by atoms with van der Waals surface area (Å²) >= 11 is 0. The first-order valence-corrected chi connectivity index (χ1v) is 7.40. The number of rotatable bonds is 9. The van der Waals surface area contributed by atoms with Crippen LogP contribution in [-0.4, -0.2) is 5.54 Å². The Morgan fingerprint density at radius 2 is 1.65 bits per heavy atom. The van der Waals surface area contributed by atoms with Crippen molar-refractivity contribution in [1.82, 2.24) is 0 Å². The van der Waals surface area contributed by atoms with Crippen LogP contribution >= 0.6 is 0 Å². The molecule has 0 aromatic rings. The number of unbranched alkanes of at least 4 members (excludes halogenated alkanes) is 7. The van der Waals surface area contributed by atoms with Gasteiger partial charge in [0.15, 0.2) is 0 Å². The van der Waals surface area contributed by atoms with E-state index in [2.05, 4.69) is 13.8 Å². The van der Waals surface area contributed by atoms with Crippen molar-refractivity contribution in [3.8, 4) is 0 Å². The lowest BCUT2D eigenvalue weighted by Gasteiger charge is -2.34. The molecule has 2 unspecified atom stereocenters. The summed E-state index contributed by atoms with van der Waals surface area (Å²) in [7, 11) is 0. The number of quaternary nitrogens is 1. The minimum Gasteiger partial charge on any atom is -0.629 e. The lowest BCUT2D eigenvalue weighted by Crippen LogP contribution is -3.10. The molecule has 0 saturated carbocycles. The second kappa shape index (κ2) is 7.88. The van der Waals surface area contributed by atoms with Crippen molar-refractivity contribution in [2.75, 3.05) is 0 Å². The summed E-state index contributed by atoms with van der Waals surface area (Å²) in [5, 5.41) is 12.0. The zero-order chi connectivity index (χ0) is 12.6. The third-order valence-electron chi connectivity index (χ3n) is 4.01. The van der Waals surface area contributed by atoms with E-state index in [0.29, 0.717) is 5.06 Å². The molecule has 0 radical (unpaired) electrons. The van der Waals surface area contributed by atoms with E-state index in [1.807, 2.05) is 6.08 Å². The van der Waals surface area contributed by atoms with E-state index in [0.717, 1.165) is 12.8 Å². The highest BCUT2D eigenvalue weighted by Crippen LogP contribution is 2.20. The molecule has 0 spiro atoms. The van der Waals surface area contributed by atoms with E-state index < -0.39 is 0 Å². The molecule has 0 aromatic carbocycles. The van der Waals surface area contributed by atoms with Crippen LogP contribution in [0.5, 0.6) is 0 Å². The summed E-state index contributed by atoms with van der Waals surface area (Å²) in [6.45, 7) is 4.38. The highest BCUT2D eigenvalue weighted by molar-refractivity contribution is 4.92. The fourth-order valence-electron chi connectivity index (χ4n) is 2.60. The van der Waals surface area contributed by atoms with Crippen molar-refractivity contribution >= 4 is 0 Å². The Kier molecular flexibility index (Phi) is 6.83. The van der Waals surface area contributed by atoms with Crippen LogP contribution in [0.3, 0.4) is 0 Å². The Morgan fingerprint density at radius 1 is 1.06 bits per heavy atom. The molecule has 1 N–H and O–H groups in total. The quantitative estimate of drug-likeness (QED) is 0.483. The van der Waals surface area contributed by atoms with E-state index >= 15 is 0 Å². The molecule has 0 saturated heterocycles. The summed E-state index contributed by atoms with van der Waals surface area (Å²) in [5.74, 6) is 0. The maximum Gasteiger partial charge on any atom is 0.102 e. The van der Waals surface area contributed by atoms with Crippen LogP contribution < -0.4 is 5.06 Å². The highest BCUT2D eigenvalue weighted by atomic mass is 16.5. The van der Waals surface area contributed by atoms with Gasteiger partial charge in [0.1, 0.15) is 5.54 Å². The van der Waals surface area contributed by atoms with E-state index in [1.54, 1.807) is 6.20 Å².